The van der Waals surface area contributed by atoms with E-state index < -0.39 is 5.25 Å². The largest absolute Gasteiger partial charge is 0.497 e. The molecule has 0 spiro atoms. The number of aromatic nitrogens is 3. The molecule has 1 amide bonds. The van der Waals surface area contributed by atoms with Gasteiger partial charge in [0, 0.05) is 10.6 Å². The number of ether oxygens (including phenoxy) is 2. The molecule has 7 nitrogen and oxygen atoms in total. The Labute approximate surface area is 171 Å². The summed E-state index contributed by atoms with van der Waals surface area (Å²) in [5.74, 6) is 1.71. The molecule has 0 saturated carbocycles. The smallest absolute Gasteiger partial charge is 0.237 e. The van der Waals surface area contributed by atoms with E-state index in [9.17, 15) is 4.79 Å². The molecule has 0 saturated heterocycles. The summed E-state index contributed by atoms with van der Waals surface area (Å²) in [6.07, 6.45) is 0. The Kier molecular flexibility index (Phi) is 6.43. The molecule has 9 heteroatoms. The van der Waals surface area contributed by atoms with Gasteiger partial charge < -0.3 is 14.8 Å². The number of halogens is 1. The summed E-state index contributed by atoms with van der Waals surface area (Å²) >= 11 is 7.25. The highest BCUT2D eigenvalue weighted by Gasteiger charge is 2.19. The van der Waals surface area contributed by atoms with E-state index in [0.717, 1.165) is 11.3 Å². The lowest BCUT2D eigenvalue weighted by molar-refractivity contribution is -0.115. The molecule has 2 aromatic carbocycles. The second-order valence-corrected chi connectivity index (χ2v) is 7.53. The number of nitrogens with zero attached hydrogens (tertiary/aromatic N) is 2. The number of H-pyrrole nitrogens is 1. The van der Waals surface area contributed by atoms with Gasteiger partial charge in [-0.3, -0.25) is 9.89 Å². The van der Waals surface area contributed by atoms with Crippen LogP contribution in [0.5, 0.6) is 11.5 Å². The van der Waals surface area contributed by atoms with Crippen LogP contribution in [0.25, 0.3) is 11.4 Å². The number of thioether (sulfide) groups is 1. The molecule has 0 aliphatic heterocycles. The molecule has 0 aliphatic rings. The van der Waals surface area contributed by atoms with Crippen LogP contribution >= 0.6 is 23.4 Å². The van der Waals surface area contributed by atoms with Gasteiger partial charge in [0.1, 0.15) is 11.5 Å². The van der Waals surface area contributed by atoms with E-state index in [0.29, 0.717) is 27.4 Å². The predicted octanol–water partition coefficient (Wildman–Crippen LogP) is 4.26. The van der Waals surface area contributed by atoms with Crippen molar-refractivity contribution < 1.29 is 14.3 Å². The van der Waals surface area contributed by atoms with Crippen molar-refractivity contribution in [2.24, 2.45) is 0 Å². The maximum absolute atomic E-state index is 12.5. The number of amides is 1. The van der Waals surface area contributed by atoms with Crippen molar-refractivity contribution in [3.8, 4) is 22.9 Å². The van der Waals surface area contributed by atoms with Crippen molar-refractivity contribution in [1.29, 1.82) is 0 Å². The van der Waals surface area contributed by atoms with Crippen LogP contribution in [-0.2, 0) is 4.79 Å². The van der Waals surface area contributed by atoms with Gasteiger partial charge in [0.25, 0.3) is 0 Å². The van der Waals surface area contributed by atoms with Crippen LogP contribution in [0.15, 0.2) is 47.6 Å². The number of hydrogen-bond acceptors (Lipinski definition) is 6. The van der Waals surface area contributed by atoms with E-state index in [1.54, 1.807) is 32.2 Å². The van der Waals surface area contributed by atoms with E-state index in [1.807, 2.05) is 24.3 Å². The highest BCUT2D eigenvalue weighted by Crippen LogP contribution is 2.29. The minimum atomic E-state index is -0.428. The first-order valence-electron chi connectivity index (χ1n) is 8.38. The van der Waals surface area contributed by atoms with Gasteiger partial charge in [-0.25, -0.2) is 4.98 Å². The Balaban J connectivity index is 1.66. The molecule has 0 radical (unpaired) electrons. The van der Waals surface area contributed by atoms with E-state index in [2.05, 4.69) is 20.5 Å². The van der Waals surface area contributed by atoms with E-state index in [4.69, 9.17) is 21.1 Å². The van der Waals surface area contributed by atoms with Gasteiger partial charge in [-0.2, -0.15) is 0 Å². The molecule has 28 heavy (non-hydrogen) atoms. The quantitative estimate of drug-likeness (QED) is 0.557. The summed E-state index contributed by atoms with van der Waals surface area (Å²) in [6, 6.07) is 12.5. The van der Waals surface area contributed by atoms with Gasteiger partial charge in [0.05, 0.1) is 25.2 Å². The number of rotatable bonds is 7. The summed E-state index contributed by atoms with van der Waals surface area (Å²) in [7, 11) is 3.15. The molecular formula is C19H19ClN4O3S. The van der Waals surface area contributed by atoms with Gasteiger partial charge in [-0.15, -0.1) is 5.10 Å². The summed E-state index contributed by atoms with van der Waals surface area (Å²) in [5, 5.41) is 10.5. The zero-order valence-corrected chi connectivity index (χ0v) is 17.1. The fourth-order valence-electron chi connectivity index (χ4n) is 2.40. The first-order valence-corrected chi connectivity index (χ1v) is 9.64. The Hall–Kier alpha value is -2.71. The molecule has 0 bridgehead atoms. The average Bonchev–Trinajstić information content (AvgIpc) is 3.16. The number of nitrogens with one attached hydrogen (secondary N) is 2. The topological polar surface area (TPSA) is 89.1 Å². The maximum atomic E-state index is 12.5. The Morgan fingerprint density at radius 3 is 2.61 bits per heavy atom. The normalized spacial score (nSPS) is 11.7. The summed E-state index contributed by atoms with van der Waals surface area (Å²) in [6.45, 7) is 1.78. The molecule has 2 N–H and O–H groups in total. The third kappa shape index (κ3) is 4.76. The number of anilines is 1. The van der Waals surface area contributed by atoms with Gasteiger partial charge in [-0.05, 0) is 49.4 Å². The van der Waals surface area contributed by atoms with Crippen molar-refractivity contribution in [3.63, 3.8) is 0 Å². The third-order valence-corrected chi connectivity index (χ3v) is 5.10. The molecule has 1 heterocycles. The number of carbonyl (C=O) groups excluding carboxylic acids is 1. The van der Waals surface area contributed by atoms with Crippen LogP contribution in [0, 0.1) is 0 Å². The van der Waals surface area contributed by atoms with Crippen molar-refractivity contribution in [2.75, 3.05) is 19.5 Å². The number of carbonyl (C=O) groups is 1. The van der Waals surface area contributed by atoms with Crippen LogP contribution in [-0.4, -0.2) is 40.6 Å². The summed E-state index contributed by atoms with van der Waals surface area (Å²) in [5.41, 5.74) is 1.39. The SMILES string of the molecule is COc1ccc(-c2nc(S[C@@H](C)C(=O)Nc3cc(Cl)ccc3OC)n[nH]2)cc1. The highest BCUT2D eigenvalue weighted by atomic mass is 35.5. The average molecular weight is 419 g/mol. The predicted molar refractivity (Wildman–Crippen MR) is 110 cm³/mol. The monoisotopic (exact) mass is 418 g/mol. The standard InChI is InChI=1S/C19H19ClN4O3S/c1-11(18(25)21-15-10-13(20)6-9-16(15)27-3)28-19-22-17(23-24-19)12-4-7-14(26-2)8-5-12/h4-11H,1-3H3,(H,21,25)(H,22,23,24)/t11-/m0/s1. The fourth-order valence-corrected chi connectivity index (χ4v) is 3.30. The van der Waals surface area contributed by atoms with E-state index in [1.165, 1.54) is 18.9 Å². The molecule has 3 aromatic rings. The van der Waals surface area contributed by atoms with Gasteiger partial charge >= 0.3 is 0 Å². The number of methoxy groups -OCH3 is 2. The lowest BCUT2D eigenvalue weighted by Crippen LogP contribution is -2.22. The lowest BCUT2D eigenvalue weighted by Gasteiger charge is -2.13. The van der Waals surface area contributed by atoms with Crippen LogP contribution in [0.2, 0.25) is 5.02 Å². The minimum absolute atomic E-state index is 0.207. The first kappa shape index (κ1) is 20.0. The van der Waals surface area contributed by atoms with Gasteiger partial charge in [0.15, 0.2) is 5.82 Å². The fraction of sp³-hybridized carbons (Fsp3) is 0.211. The second kappa shape index (κ2) is 8.99. The molecular weight excluding hydrogens is 400 g/mol. The Bertz CT molecular complexity index is 962. The Morgan fingerprint density at radius 1 is 1.18 bits per heavy atom. The zero-order chi connectivity index (χ0) is 20.1. The lowest BCUT2D eigenvalue weighted by atomic mass is 10.2. The van der Waals surface area contributed by atoms with Gasteiger partial charge in [0.2, 0.25) is 11.1 Å². The Morgan fingerprint density at radius 2 is 1.93 bits per heavy atom. The van der Waals surface area contributed by atoms with Gasteiger partial charge in [-0.1, -0.05) is 23.4 Å². The molecule has 1 atom stereocenters. The van der Waals surface area contributed by atoms with E-state index in [-0.39, 0.29) is 5.91 Å². The maximum Gasteiger partial charge on any atom is 0.237 e. The minimum Gasteiger partial charge on any atom is -0.497 e. The van der Waals surface area contributed by atoms with Crippen LogP contribution in [0.3, 0.4) is 0 Å². The number of hydrogen-bond donors (Lipinski definition) is 2. The van der Waals surface area contributed by atoms with Crippen molar-refractivity contribution >= 4 is 35.0 Å². The molecule has 3 rings (SSSR count). The molecule has 0 fully saturated rings. The molecule has 1 aromatic heterocycles. The first-order chi connectivity index (χ1) is 13.5. The van der Waals surface area contributed by atoms with Crippen molar-refractivity contribution in [2.45, 2.75) is 17.3 Å². The van der Waals surface area contributed by atoms with Crippen LogP contribution in [0.1, 0.15) is 6.92 Å². The second-order valence-electron chi connectivity index (χ2n) is 5.79. The van der Waals surface area contributed by atoms with Crippen LogP contribution in [0.4, 0.5) is 5.69 Å². The molecule has 146 valence electrons. The van der Waals surface area contributed by atoms with Crippen LogP contribution < -0.4 is 14.8 Å². The summed E-state index contributed by atoms with van der Waals surface area (Å²) in [4.78, 5) is 17.0. The zero-order valence-electron chi connectivity index (χ0n) is 15.5. The summed E-state index contributed by atoms with van der Waals surface area (Å²) < 4.78 is 10.4. The highest BCUT2D eigenvalue weighted by molar-refractivity contribution is 8.00. The van der Waals surface area contributed by atoms with Crippen molar-refractivity contribution in [1.82, 2.24) is 15.2 Å². The molecule has 0 unspecified atom stereocenters. The van der Waals surface area contributed by atoms with Crippen molar-refractivity contribution in [3.05, 3.63) is 47.5 Å². The number of benzene rings is 2. The molecule has 0 aliphatic carbocycles. The number of aromatic amines is 1. The third-order valence-electron chi connectivity index (χ3n) is 3.90. The van der Waals surface area contributed by atoms with E-state index >= 15 is 0 Å².